The molecule has 1 aliphatic carbocycles. The van der Waals surface area contributed by atoms with Crippen molar-refractivity contribution in [2.24, 2.45) is 4.99 Å². The summed E-state index contributed by atoms with van der Waals surface area (Å²) in [6, 6.07) is 6.48. The lowest BCUT2D eigenvalue weighted by atomic mass is 9.99. The van der Waals surface area contributed by atoms with Crippen LogP contribution in [0.1, 0.15) is 49.7 Å². The molecule has 29 heavy (non-hydrogen) atoms. The van der Waals surface area contributed by atoms with Crippen LogP contribution in [0, 0.1) is 6.92 Å². The highest BCUT2D eigenvalue weighted by Crippen LogP contribution is 2.33. The summed E-state index contributed by atoms with van der Waals surface area (Å²) in [6.07, 6.45) is 9.63. The number of halogens is 1. The van der Waals surface area contributed by atoms with Gasteiger partial charge in [0.15, 0.2) is 5.96 Å². The van der Waals surface area contributed by atoms with Crippen molar-refractivity contribution in [3.63, 3.8) is 0 Å². The Hall–Kier alpha value is -0.670. The molecule has 2 aliphatic rings. The zero-order valence-corrected chi connectivity index (χ0v) is 21.1. The van der Waals surface area contributed by atoms with Crippen molar-refractivity contribution < 1.29 is 9.47 Å². The third kappa shape index (κ3) is 7.21. The molecule has 7 heteroatoms. The molecule has 1 aliphatic heterocycles. The number of rotatable bonds is 7. The molecule has 1 aromatic carbocycles. The van der Waals surface area contributed by atoms with Crippen molar-refractivity contribution >= 4 is 41.7 Å². The summed E-state index contributed by atoms with van der Waals surface area (Å²) in [5.41, 5.74) is 2.42. The number of hydrogen-bond acceptors (Lipinski definition) is 4. The predicted octanol–water partition coefficient (Wildman–Crippen LogP) is 4.51. The van der Waals surface area contributed by atoms with Gasteiger partial charge < -0.3 is 20.1 Å². The Labute approximate surface area is 197 Å². The average Bonchev–Trinajstić information content (AvgIpc) is 3.23. The lowest BCUT2D eigenvalue weighted by molar-refractivity contribution is 0.0783. The summed E-state index contributed by atoms with van der Waals surface area (Å²) in [5, 5.41) is 7.00. The molecule has 2 fully saturated rings. The molecule has 0 aromatic heterocycles. The molecule has 0 radical (unpaired) electrons. The average molecular weight is 534 g/mol. The summed E-state index contributed by atoms with van der Waals surface area (Å²) in [5.74, 6) is 1.85. The summed E-state index contributed by atoms with van der Waals surface area (Å²) in [4.78, 5) is 4.42. The molecule has 1 aromatic rings. The first-order chi connectivity index (χ1) is 13.6. The maximum absolute atomic E-state index is 6.32. The van der Waals surface area contributed by atoms with Gasteiger partial charge in [0, 0.05) is 43.7 Å². The van der Waals surface area contributed by atoms with Gasteiger partial charge >= 0.3 is 0 Å². The normalized spacial score (nSPS) is 19.5. The number of aryl methyl sites for hydroxylation is 1. The number of nitrogens with zero attached hydrogens (tertiary/aromatic N) is 1. The molecule has 0 spiro atoms. The fourth-order valence-electron chi connectivity index (χ4n) is 3.94. The highest BCUT2D eigenvalue weighted by molar-refractivity contribution is 14.0. The van der Waals surface area contributed by atoms with E-state index in [9.17, 15) is 0 Å². The molecule has 5 nitrogen and oxygen atoms in total. The Kier molecular flexibility index (Phi) is 10.4. The second kappa shape index (κ2) is 12.2. The van der Waals surface area contributed by atoms with Gasteiger partial charge in [0.1, 0.15) is 5.75 Å². The van der Waals surface area contributed by atoms with Crippen LogP contribution < -0.4 is 15.4 Å². The molecule has 1 saturated carbocycles. The maximum atomic E-state index is 6.32. The molecular weight excluding hydrogens is 497 g/mol. The third-order valence-corrected chi connectivity index (χ3v) is 7.32. The van der Waals surface area contributed by atoms with Crippen LogP contribution in [0.15, 0.2) is 23.2 Å². The SMILES string of the molecule is CN=C(NCc1ccc(C)cc1OC1CCCC1)NCC1(SC)CCOCC1.I. The van der Waals surface area contributed by atoms with Crippen LogP contribution in [0.4, 0.5) is 0 Å². The minimum absolute atomic E-state index is 0. The van der Waals surface area contributed by atoms with E-state index >= 15 is 0 Å². The van der Waals surface area contributed by atoms with Crippen molar-refractivity contribution in [2.45, 2.75) is 62.8 Å². The van der Waals surface area contributed by atoms with E-state index in [-0.39, 0.29) is 28.7 Å². The monoisotopic (exact) mass is 533 g/mol. The maximum Gasteiger partial charge on any atom is 0.191 e. The molecule has 3 rings (SSSR count). The first kappa shape index (κ1) is 24.6. The molecule has 0 amide bonds. The lowest BCUT2D eigenvalue weighted by Crippen LogP contribution is -2.47. The highest BCUT2D eigenvalue weighted by atomic mass is 127. The topological polar surface area (TPSA) is 54.9 Å². The Morgan fingerprint density at radius 2 is 1.97 bits per heavy atom. The largest absolute Gasteiger partial charge is 0.490 e. The van der Waals surface area contributed by atoms with Gasteiger partial charge in [-0.25, -0.2) is 0 Å². The third-order valence-electron chi connectivity index (χ3n) is 5.90. The van der Waals surface area contributed by atoms with Crippen molar-refractivity contribution in [1.82, 2.24) is 10.6 Å². The molecule has 1 saturated heterocycles. The number of guanidine groups is 1. The van der Waals surface area contributed by atoms with Gasteiger partial charge in [-0.3, -0.25) is 4.99 Å². The first-order valence-electron chi connectivity index (χ1n) is 10.5. The highest BCUT2D eigenvalue weighted by Gasteiger charge is 2.31. The van der Waals surface area contributed by atoms with Crippen LogP contribution >= 0.6 is 35.7 Å². The molecule has 164 valence electrons. The van der Waals surface area contributed by atoms with Crippen LogP contribution in [0.2, 0.25) is 0 Å². The van der Waals surface area contributed by atoms with E-state index in [4.69, 9.17) is 9.47 Å². The number of thioether (sulfide) groups is 1. The van der Waals surface area contributed by atoms with Gasteiger partial charge in [-0.1, -0.05) is 12.1 Å². The van der Waals surface area contributed by atoms with E-state index in [2.05, 4.69) is 47.0 Å². The van der Waals surface area contributed by atoms with Crippen molar-refractivity contribution in [3.8, 4) is 5.75 Å². The van der Waals surface area contributed by atoms with Crippen molar-refractivity contribution in [2.75, 3.05) is 33.1 Å². The van der Waals surface area contributed by atoms with Crippen LogP contribution in [-0.2, 0) is 11.3 Å². The predicted molar refractivity (Wildman–Crippen MR) is 134 cm³/mol. The fourth-order valence-corrected chi connectivity index (χ4v) is 4.74. The van der Waals surface area contributed by atoms with E-state index < -0.39 is 0 Å². The lowest BCUT2D eigenvalue weighted by Gasteiger charge is -2.36. The smallest absolute Gasteiger partial charge is 0.191 e. The summed E-state index contributed by atoms with van der Waals surface area (Å²) in [6.45, 7) is 5.42. The van der Waals surface area contributed by atoms with E-state index in [0.29, 0.717) is 12.6 Å². The van der Waals surface area contributed by atoms with E-state index in [1.165, 1.54) is 36.8 Å². The van der Waals surface area contributed by atoms with Gasteiger partial charge in [-0.15, -0.1) is 24.0 Å². The molecule has 0 bridgehead atoms. The van der Waals surface area contributed by atoms with Gasteiger partial charge in [0.05, 0.1) is 6.10 Å². The quantitative estimate of drug-likeness (QED) is 0.307. The van der Waals surface area contributed by atoms with Gasteiger partial charge in [0.25, 0.3) is 0 Å². The molecular formula is C22H36IN3O2S. The second-order valence-corrected chi connectivity index (χ2v) is 9.19. The minimum Gasteiger partial charge on any atom is -0.490 e. The Morgan fingerprint density at radius 3 is 2.62 bits per heavy atom. The molecule has 0 atom stereocenters. The number of aliphatic imine (C=N–C) groups is 1. The van der Waals surface area contributed by atoms with Crippen LogP contribution in [0.25, 0.3) is 0 Å². The second-order valence-electron chi connectivity index (χ2n) is 7.91. The van der Waals surface area contributed by atoms with Gasteiger partial charge in [-0.2, -0.15) is 11.8 Å². The number of hydrogen-bond donors (Lipinski definition) is 2. The van der Waals surface area contributed by atoms with Gasteiger partial charge in [-0.05, 0) is 63.3 Å². The van der Waals surface area contributed by atoms with Crippen LogP contribution in [0.3, 0.4) is 0 Å². The van der Waals surface area contributed by atoms with Crippen LogP contribution in [0.5, 0.6) is 5.75 Å². The molecule has 0 unspecified atom stereocenters. The number of ether oxygens (including phenoxy) is 2. The molecule has 1 heterocycles. The van der Waals surface area contributed by atoms with E-state index in [1.807, 2.05) is 18.8 Å². The number of benzene rings is 1. The Morgan fingerprint density at radius 1 is 1.24 bits per heavy atom. The summed E-state index contributed by atoms with van der Waals surface area (Å²) >= 11 is 1.94. The first-order valence-corrected chi connectivity index (χ1v) is 11.7. The Balaban J connectivity index is 0.00000300. The van der Waals surface area contributed by atoms with Crippen LogP contribution in [-0.4, -0.2) is 49.9 Å². The standard InChI is InChI=1S/C22H35N3O2S.HI/c1-17-8-9-18(20(14-17)27-19-6-4-5-7-19)15-24-21(23-2)25-16-22(28-3)10-12-26-13-11-22;/h8-9,14,19H,4-7,10-13,15-16H2,1-3H3,(H2,23,24,25);1H. The van der Waals surface area contributed by atoms with E-state index in [1.54, 1.807) is 0 Å². The number of nitrogens with one attached hydrogen (secondary N) is 2. The summed E-state index contributed by atoms with van der Waals surface area (Å²) < 4.78 is 12.1. The summed E-state index contributed by atoms with van der Waals surface area (Å²) in [7, 11) is 1.83. The fraction of sp³-hybridized carbons (Fsp3) is 0.682. The molecule has 2 N–H and O–H groups in total. The zero-order chi connectivity index (χ0) is 19.8. The van der Waals surface area contributed by atoms with E-state index in [0.717, 1.165) is 44.3 Å². The van der Waals surface area contributed by atoms with Crippen molar-refractivity contribution in [3.05, 3.63) is 29.3 Å². The van der Waals surface area contributed by atoms with Crippen molar-refractivity contribution in [1.29, 1.82) is 0 Å². The Bertz CT molecular complexity index is 659. The minimum atomic E-state index is 0. The zero-order valence-electron chi connectivity index (χ0n) is 18.0. The van der Waals surface area contributed by atoms with Gasteiger partial charge in [0.2, 0.25) is 0 Å².